The summed E-state index contributed by atoms with van der Waals surface area (Å²) in [4.78, 5) is 0. The monoisotopic (exact) mass is 548 g/mol. The quantitative estimate of drug-likeness (QED) is 0.196. The summed E-state index contributed by atoms with van der Waals surface area (Å²) in [5, 5.41) is 5.18. The molecule has 0 radical (unpaired) electrons. The summed E-state index contributed by atoms with van der Waals surface area (Å²) in [6.45, 7) is 0.859. The van der Waals surface area contributed by atoms with Gasteiger partial charge in [0.15, 0.2) is 0 Å². The Bertz CT molecular complexity index is 1840. The topological polar surface area (TPSA) is 9.86 Å². The van der Waals surface area contributed by atoms with Crippen LogP contribution in [-0.2, 0) is 6.54 Å². The molecule has 7 aromatic rings. The first-order valence-corrected chi connectivity index (χ1v) is 12.6. The zero-order valence-corrected chi connectivity index (χ0v) is 20.6. The van der Waals surface area contributed by atoms with Crippen molar-refractivity contribution < 1.29 is 0 Å². The van der Waals surface area contributed by atoms with Gasteiger partial charge in [-0.25, -0.2) is 0 Å². The molecule has 2 aromatic heterocycles. The highest BCUT2D eigenvalue weighted by Gasteiger charge is 2.15. The van der Waals surface area contributed by atoms with Crippen LogP contribution in [0.15, 0.2) is 115 Å². The Morgan fingerprint density at radius 1 is 0.500 bits per heavy atom. The molecule has 0 saturated carbocycles. The molecule has 0 saturated heterocycles. The fourth-order valence-electron chi connectivity index (χ4n) is 5.34. The first-order valence-electron chi connectivity index (χ1n) is 11.5. The Labute approximate surface area is 211 Å². The second-order valence-corrected chi connectivity index (χ2v) is 10.1. The Hall–Kier alpha value is -3.57. The maximum Gasteiger partial charge on any atom is 0.0541 e. The van der Waals surface area contributed by atoms with E-state index in [9.17, 15) is 0 Å². The molecule has 0 amide bonds. The summed E-state index contributed by atoms with van der Waals surface area (Å²) in [6, 6.07) is 41.9. The minimum Gasteiger partial charge on any atom is -0.336 e. The molecule has 0 bridgehead atoms. The van der Waals surface area contributed by atoms with Crippen molar-refractivity contribution in [1.29, 1.82) is 0 Å². The number of hydrogen-bond donors (Lipinski definition) is 0. The standard InChI is InChI=1S/C31H21IN2/c32-22-14-16-31-26(18-22)25-11-5-7-13-30(25)34(31)23-15-17-29-27(19-23)24-10-4-6-12-28(24)33(29)20-21-8-2-1-3-9-21/h1-19H,20H2. The van der Waals surface area contributed by atoms with Crippen LogP contribution in [0.1, 0.15) is 5.56 Å². The van der Waals surface area contributed by atoms with Gasteiger partial charge < -0.3 is 9.13 Å². The molecule has 3 heteroatoms. The lowest BCUT2D eigenvalue weighted by Gasteiger charge is -2.10. The number of rotatable bonds is 3. The van der Waals surface area contributed by atoms with Crippen LogP contribution in [0.25, 0.3) is 49.3 Å². The van der Waals surface area contributed by atoms with Crippen LogP contribution in [0.5, 0.6) is 0 Å². The highest BCUT2D eigenvalue weighted by molar-refractivity contribution is 14.1. The van der Waals surface area contributed by atoms with Crippen LogP contribution >= 0.6 is 22.6 Å². The third-order valence-electron chi connectivity index (χ3n) is 6.83. The van der Waals surface area contributed by atoms with Crippen molar-refractivity contribution in [1.82, 2.24) is 9.13 Å². The molecule has 0 fully saturated rings. The minimum absolute atomic E-state index is 0.859. The van der Waals surface area contributed by atoms with Gasteiger partial charge in [0.25, 0.3) is 0 Å². The van der Waals surface area contributed by atoms with Gasteiger partial charge in [-0.05, 0) is 76.7 Å². The molecule has 162 valence electrons. The summed E-state index contributed by atoms with van der Waals surface area (Å²) in [7, 11) is 0. The molecule has 0 atom stereocenters. The van der Waals surface area contributed by atoms with Gasteiger partial charge in [-0.1, -0.05) is 66.7 Å². The minimum atomic E-state index is 0.859. The molecule has 0 N–H and O–H groups in total. The van der Waals surface area contributed by atoms with Gasteiger partial charge in [0, 0.05) is 48.4 Å². The van der Waals surface area contributed by atoms with E-state index in [1.165, 1.54) is 58.4 Å². The molecule has 0 aliphatic carbocycles. The number of para-hydroxylation sites is 2. The van der Waals surface area contributed by atoms with Gasteiger partial charge in [-0.3, -0.25) is 0 Å². The summed E-state index contributed by atoms with van der Waals surface area (Å²) in [6.07, 6.45) is 0. The van der Waals surface area contributed by atoms with Gasteiger partial charge >= 0.3 is 0 Å². The van der Waals surface area contributed by atoms with Crippen molar-refractivity contribution in [2.45, 2.75) is 6.54 Å². The highest BCUT2D eigenvalue weighted by atomic mass is 127. The Morgan fingerprint density at radius 3 is 1.91 bits per heavy atom. The molecule has 0 aliphatic heterocycles. The second kappa shape index (κ2) is 7.74. The molecular weight excluding hydrogens is 527 g/mol. The van der Waals surface area contributed by atoms with E-state index in [4.69, 9.17) is 0 Å². The first kappa shape index (κ1) is 19.9. The predicted octanol–water partition coefficient (Wildman–Crippen LogP) is 8.54. The smallest absolute Gasteiger partial charge is 0.0541 e. The fourth-order valence-corrected chi connectivity index (χ4v) is 5.83. The molecule has 0 spiro atoms. The largest absolute Gasteiger partial charge is 0.336 e. The van der Waals surface area contributed by atoms with Gasteiger partial charge in [0.1, 0.15) is 0 Å². The maximum atomic E-state index is 2.44. The number of halogens is 1. The van der Waals surface area contributed by atoms with Gasteiger partial charge in [0.2, 0.25) is 0 Å². The van der Waals surface area contributed by atoms with Gasteiger partial charge in [0.05, 0.1) is 11.0 Å². The first-order chi connectivity index (χ1) is 16.8. The second-order valence-electron chi connectivity index (χ2n) is 8.80. The Morgan fingerprint density at radius 2 is 1.09 bits per heavy atom. The van der Waals surface area contributed by atoms with Crippen molar-refractivity contribution in [2.24, 2.45) is 0 Å². The van der Waals surface area contributed by atoms with E-state index in [-0.39, 0.29) is 0 Å². The average molecular weight is 548 g/mol. The zero-order chi connectivity index (χ0) is 22.6. The molecule has 34 heavy (non-hydrogen) atoms. The van der Waals surface area contributed by atoms with Gasteiger partial charge in [-0.15, -0.1) is 0 Å². The average Bonchev–Trinajstić information content (AvgIpc) is 3.37. The summed E-state index contributed by atoms with van der Waals surface area (Å²) >= 11 is 2.41. The molecule has 0 aliphatic rings. The highest BCUT2D eigenvalue weighted by Crippen LogP contribution is 2.36. The summed E-state index contributed by atoms with van der Waals surface area (Å²) in [5.41, 5.74) is 7.54. The van der Waals surface area contributed by atoms with Crippen molar-refractivity contribution in [3.8, 4) is 5.69 Å². The van der Waals surface area contributed by atoms with Crippen LogP contribution in [0.4, 0.5) is 0 Å². The molecule has 5 aromatic carbocycles. The van der Waals surface area contributed by atoms with Crippen LogP contribution in [0.2, 0.25) is 0 Å². The lowest BCUT2D eigenvalue weighted by molar-refractivity contribution is 0.869. The lowest BCUT2D eigenvalue weighted by atomic mass is 10.1. The molecule has 0 unspecified atom stereocenters. The SMILES string of the molecule is Ic1ccc2c(c1)c1ccccc1n2-c1ccc2c(c1)c1ccccc1n2Cc1ccccc1. The maximum absolute atomic E-state index is 2.44. The Balaban J connectivity index is 1.51. The summed E-state index contributed by atoms with van der Waals surface area (Å²) < 4.78 is 6.11. The van der Waals surface area contributed by atoms with Gasteiger partial charge in [-0.2, -0.15) is 0 Å². The zero-order valence-electron chi connectivity index (χ0n) is 18.4. The molecule has 2 heterocycles. The van der Waals surface area contributed by atoms with Crippen LogP contribution in [0.3, 0.4) is 0 Å². The Kier molecular flexibility index (Phi) is 4.52. The summed E-state index contributed by atoms with van der Waals surface area (Å²) in [5.74, 6) is 0. The van der Waals surface area contributed by atoms with E-state index >= 15 is 0 Å². The van der Waals surface area contributed by atoms with Crippen LogP contribution < -0.4 is 0 Å². The van der Waals surface area contributed by atoms with E-state index in [1.54, 1.807) is 0 Å². The number of aromatic nitrogens is 2. The fraction of sp³-hybridized carbons (Fsp3) is 0.0323. The van der Waals surface area contributed by atoms with Crippen LogP contribution in [0, 0.1) is 3.57 Å². The third kappa shape index (κ3) is 3.00. The van der Waals surface area contributed by atoms with E-state index in [0.29, 0.717) is 0 Å². The van der Waals surface area contributed by atoms with Crippen LogP contribution in [-0.4, -0.2) is 9.13 Å². The third-order valence-corrected chi connectivity index (χ3v) is 7.50. The molecular formula is C31H21IN2. The van der Waals surface area contributed by atoms with Crippen molar-refractivity contribution in [2.75, 3.05) is 0 Å². The van der Waals surface area contributed by atoms with E-state index in [2.05, 4.69) is 147 Å². The number of nitrogens with zero attached hydrogens (tertiary/aromatic N) is 2. The number of benzene rings is 5. The number of hydrogen-bond acceptors (Lipinski definition) is 0. The molecule has 7 rings (SSSR count). The van der Waals surface area contributed by atoms with Crippen molar-refractivity contribution in [3.05, 3.63) is 124 Å². The normalized spacial score (nSPS) is 11.8. The predicted molar refractivity (Wildman–Crippen MR) is 152 cm³/mol. The van der Waals surface area contributed by atoms with Crippen molar-refractivity contribution in [3.63, 3.8) is 0 Å². The van der Waals surface area contributed by atoms with Crippen molar-refractivity contribution >= 4 is 66.2 Å². The number of fused-ring (bicyclic) bond motifs is 6. The van der Waals surface area contributed by atoms with E-state index in [0.717, 1.165) is 6.54 Å². The molecule has 2 nitrogen and oxygen atoms in total. The lowest BCUT2D eigenvalue weighted by Crippen LogP contribution is -1.99. The van der Waals surface area contributed by atoms with E-state index in [1.807, 2.05) is 0 Å². The van der Waals surface area contributed by atoms with E-state index < -0.39 is 0 Å².